The lowest BCUT2D eigenvalue weighted by Gasteiger charge is -2.26. The van der Waals surface area contributed by atoms with Gasteiger partial charge in [0.15, 0.2) is 0 Å². The summed E-state index contributed by atoms with van der Waals surface area (Å²) in [6.45, 7) is 3.36. The smallest absolute Gasteiger partial charge is 0.251 e. The SMILES string of the molecule is CCC(NC(=O)c1cccc(S(=O)(=O)N2CCOCC2)c1)c1ccnn1C. The molecule has 1 amide bonds. The van der Waals surface area contributed by atoms with Gasteiger partial charge in [-0.25, -0.2) is 8.42 Å². The maximum absolute atomic E-state index is 12.8. The molecule has 1 saturated heterocycles. The second-order valence-corrected chi connectivity index (χ2v) is 8.30. The van der Waals surface area contributed by atoms with E-state index in [4.69, 9.17) is 4.74 Å². The van der Waals surface area contributed by atoms with Crippen LogP contribution in [0.3, 0.4) is 0 Å². The molecule has 1 aromatic carbocycles. The summed E-state index contributed by atoms with van der Waals surface area (Å²) >= 11 is 0. The van der Waals surface area contributed by atoms with Gasteiger partial charge in [0, 0.05) is 31.9 Å². The number of ether oxygens (including phenoxy) is 1. The van der Waals surface area contributed by atoms with E-state index in [1.54, 1.807) is 23.0 Å². The number of rotatable bonds is 6. The highest BCUT2D eigenvalue weighted by Gasteiger charge is 2.27. The average Bonchev–Trinajstić information content (AvgIpc) is 3.12. The molecule has 8 nitrogen and oxygen atoms in total. The zero-order valence-electron chi connectivity index (χ0n) is 15.5. The van der Waals surface area contributed by atoms with Crippen LogP contribution in [-0.4, -0.2) is 54.7 Å². The van der Waals surface area contributed by atoms with E-state index in [2.05, 4.69) is 10.4 Å². The van der Waals surface area contributed by atoms with Gasteiger partial charge in [-0.15, -0.1) is 0 Å². The van der Waals surface area contributed by atoms with Crippen molar-refractivity contribution in [2.75, 3.05) is 26.3 Å². The fraction of sp³-hybridized carbons (Fsp3) is 0.444. The van der Waals surface area contributed by atoms with Crippen LogP contribution in [0.25, 0.3) is 0 Å². The normalized spacial score (nSPS) is 16.8. The van der Waals surface area contributed by atoms with Gasteiger partial charge in [0.05, 0.1) is 29.8 Å². The number of sulfonamides is 1. The lowest BCUT2D eigenvalue weighted by molar-refractivity contribution is 0.0730. The molecule has 1 fully saturated rings. The molecule has 0 aliphatic carbocycles. The van der Waals surface area contributed by atoms with Gasteiger partial charge in [-0.2, -0.15) is 9.40 Å². The van der Waals surface area contributed by atoms with Gasteiger partial charge in [0.1, 0.15) is 0 Å². The van der Waals surface area contributed by atoms with E-state index in [1.165, 1.54) is 16.4 Å². The molecule has 0 bridgehead atoms. The first-order chi connectivity index (χ1) is 12.9. The molecule has 9 heteroatoms. The highest BCUT2D eigenvalue weighted by molar-refractivity contribution is 7.89. The number of hydrogen-bond acceptors (Lipinski definition) is 5. The third-order valence-corrected chi connectivity index (χ3v) is 6.53. The average molecular weight is 392 g/mol. The maximum atomic E-state index is 12.8. The Morgan fingerprint density at radius 2 is 2.04 bits per heavy atom. The summed E-state index contributed by atoms with van der Waals surface area (Å²) in [5.41, 5.74) is 1.20. The van der Waals surface area contributed by atoms with E-state index in [0.29, 0.717) is 38.3 Å². The van der Waals surface area contributed by atoms with Crippen LogP contribution >= 0.6 is 0 Å². The van der Waals surface area contributed by atoms with Crippen molar-refractivity contribution in [1.82, 2.24) is 19.4 Å². The minimum atomic E-state index is -3.64. The molecule has 1 aliphatic rings. The van der Waals surface area contributed by atoms with Crippen LogP contribution in [0.2, 0.25) is 0 Å². The summed E-state index contributed by atoms with van der Waals surface area (Å²) < 4.78 is 33.9. The van der Waals surface area contributed by atoms with Crippen LogP contribution in [0.1, 0.15) is 35.4 Å². The van der Waals surface area contributed by atoms with Gasteiger partial charge in [-0.05, 0) is 30.7 Å². The maximum Gasteiger partial charge on any atom is 0.251 e. The molecule has 27 heavy (non-hydrogen) atoms. The van der Waals surface area contributed by atoms with E-state index in [1.807, 2.05) is 20.0 Å². The van der Waals surface area contributed by atoms with Gasteiger partial charge in [0.25, 0.3) is 5.91 Å². The third-order valence-electron chi connectivity index (χ3n) is 4.63. The Kier molecular flexibility index (Phi) is 5.93. The molecule has 3 rings (SSSR count). The monoisotopic (exact) mass is 392 g/mol. The Labute approximate surface area is 159 Å². The van der Waals surface area contributed by atoms with Crippen molar-refractivity contribution in [3.8, 4) is 0 Å². The summed E-state index contributed by atoms with van der Waals surface area (Å²) in [6, 6.07) is 7.80. The quantitative estimate of drug-likeness (QED) is 0.800. The molecule has 1 N–H and O–H groups in total. The number of nitrogens with one attached hydrogen (secondary N) is 1. The van der Waals surface area contributed by atoms with Crippen molar-refractivity contribution in [3.63, 3.8) is 0 Å². The van der Waals surface area contributed by atoms with E-state index < -0.39 is 10.0 Å². The third kappa shape index (κ3) is 4.20. The number of hydrogen-bond donors (Lipinski definition) is 1. The van der Waals surface area contributed by atoms with Gasteiger partial charge in [-0.3, -0.25) is 9.48 Å². The predicted octanol–water partition coefficient (Wildman–Crippen LogP) is 1.32. The molecule has 1 unspecified atom stereocenters. The summed E-state index contributed by atoms with van der Waals surface area (Å²) in [5, 5.41) is 7.09. The fourth-order valence-electron chi connectivity index (χ4n) is 3.09. The van der Waals surface area contributed by atoms with Crippen LogP contribution in [0.4, 0.5) is 0 Å². The Morgan fingerprint density at radius 3 is 2.67 bits per heavy atom. The van der Waals surface area contributed by atoms with E-state index in [-0.39, 0.29) is 16.8 Å². The van der Waals surface area contributed by atoms with E-state index in [0.717, 1.165) is 5.69 Å². The zero-order chi connectivity index (χ0) is 19.4. The van der Waals surface area contributed by atoms with Gasteiger partial charge >= 0.3 is 0 Å². The van der Waals surface area contributed by atoms with Crippen molar-refractivity contribution in [2.45, 2.75) is 24.3 Å². The molecular weight excluding hydrogens is 368 g/mol. The molecule has 2 aromatic rings. The molecule has 0 saturated carbocycles. The zero-order valence-corrected chi connectivity index (χ0v) is 16.3. The topological polar surface area (TPSA) is 93.5 Å². The lowest BCUT2D eigenvalue weighted by atomic mass is 10.1. The molecule has 1 aromatic heterocycles. The van der Waals surface area contributed by atoms with Crippen LogP contribution in [0, 0.1) is 0 Å². The number of carbonyl (C=O) groups excluding carboxylic acids is 1. The summed E-state index contributed by atoms with van der Waals surface area (Å²) in [6.07, 6.45) is 2.37. The van der Waals surface area contributed by atoms with Crippen LogP contribution in [0.5, 0.6) is 0 Å². The minimum absolute atomic E-state index is 0.116. The summed E-state index contributed by atoms with van der Waals surface area (Å²) in [4.78, 5) is 12.8. The molecule has 0 radical (unpaired) electrons. The Hall–Kier alpha value is -2.23. The van der Waals surface area contributed by atoms with Gasteiger partial charge < -0.3 is 10.1 Å². The highest BCUT2D eigenvalue weighted by Crippen LogP contribution is 2.20. The van der Waals surface area contributed by atoms with Gasteiger partial charge in [0.2, 0.25) is 10.0 Å². The largest absolute Gasteiger partial charge is 0.379 e. The predicted molar refractivity (Wildman–Crippen MR) is 99.7 cm³/mol. The van der Waals surface area contributed by atoms with E-state index in [9.17, 15) is 13.2 Å². The molecular formula is C18H24N4O4S. The number of morpholine rings is 1. The van der Waals surface area contributed by atoms with Crippen LogP contribution in [0.15, 0.2) is 41.4 Å². The van der Waals surface area contributed by atoms with Crippen LogP contribution < -0.4 is 5.32 Å². The first-order valence-corrected chi connectivity index (χ1v) is 10.3. The number of aryl methyl sites for hydroxylation is 1. The van der Waals surface area contributed by atoms with Crippen molar-refractivity contribution in [1.29, 1.82) is 0 Å². The van der Waals surface area contributed by atoms with Crippen molar-refractivity contribution in [2.24, 2.45) is 7.05 Å². The fourth-order valence-corrected chi connectivity index (χ4v) is 4.54. The molecule has 146 valence electrons. The summed E-state index contributed by atoms with van der Waals surface area (Å²) in [5.74, 6) is -0.318. The number of aromatic nitrogens is 2. The summed E-state index contributed by atoms with van der Waals surface area (Å²) in [7, 11) is -1.82. The second-order valence-electron chi connectivity index (χ2n) is 6.36. The van der Waals surface area contributed by atoms with Crippen LogP contribution in [-0.2, 0) is 21.8 Å². The van der Waals surface area contributed by atoms with Crippen molar-refractivity contribution >= 4 is 15.9 Å². The van der Waals surface area contributed by atoms with E-state index >= 15 is 0 Å². The Balaban J connectivity index is 1.80. The first kappa shape index (κ1) is 19.5. The van der Waals surface area contributed by atoms with Gasteiger partial charge in [-0.1, -0.05) is 13.0 Å². The molecule has 0 spiro atoms. The Morgan fingerprint density at radius 1 is 1.30 bits per heavy atom. The molecule has 1 aliphatic heterocycles. The Bertz CT molecular complexity index is 904. The standard InChI is InChI=1S/C18H24N4O4S/c1-3-16(17-7-8-19-21(17)2)20-18(23)14-5-4-6-15(13-14)27(24,25)22-9-11-26-12-10-22/h4-8,13,16H,3,9-12H2,1-2H3,(H,20,23). The number of benzene rings is 1. The second kappa shape index (κ2) is 8.20. The first-order valence-electron chi connectivity index (χ1n) is 8.90. The molecule has 1 atom stereocenters. The number of amides is 1. The highest BCUT2D eigenvalue weighted by atomic mass is 32.2. The van der Waals surface area contributed by atoms with Crippen molar-refractivity contribution in [3.05, 3.63) is 47.8 Å². The lowest BCUT2D eigenvalue weighted by Crippen LogP contribution is -2.40. The van der Waals surface area contributed by atoms with Crippen molar-refractivity contribution < 1.29 is 17.9 Å². The molecule has 2 heterocycles. The number of nitrogens with zero attached hydrogens (tertiary/aromatic N) is 3. The minimum Gasteiger partial charge on any atom is -0.379 e. The number of carbonyl (C=O) groups is 1.